The Bertz CT molecular complexity index is 315. The van der Waals surface area contributed by atoms with Crippen molar-refractivity contribution in [3.05, 3.63) is 0 Å². The Morgan fingerprint density at radius 3 is 1.28 bits per heavy atom. The molecule has 0 aliphatic rings. The van der Waals surface area contributed by atoms with Gasteiger partial charge < -0.3 is 9.53 Å². The summed E-state index contributed by atoms with van der Waals surface area (Å²) in [6, 6.07) is 0. The lowest BCUT2D eigenvalue weighted by molar-refractivity contribution is -0.140. The molecule has 0 rings (SSSR count). The van der Waals surface area contributed by atoms with Crippen LogP contribution in [0.3, 0.4) is 0 Å². The van der Waals surface area contributed by atoms with Gasteiger partial charge in [0.15, 0.2) is 0 Å². The first-order chi connectivity index (χ1) is 14.2. The molecule has 0 radical (unpaired) electrons. The van der Waals surface area contributed by atoms with E-state index in [1.165, 1.54) is 116 Å². The zero-order valence-corrected chi connectivity index (χ0v) is 20.2. The van der Waals surface area contributed by atoms with Crippen LogP contribution in [0.25, 0.3) is 0 Å². The first kappa shape index (κ1) is 30.3. The van der Waals surface area contributed by atoms with E-state index in [1.807, 2.05) is 0 Å². The highest BCUT2D eigenvalue weighted by molar-refractivity contribution is 5.68. The zero-order chi connectivity index (χ0) is 21.8. The molecule has 29 heavy (non-hydrogen) atoms. The van der Waals surface area contributed by atoms with Gasteiger partial charge in [0, 0.05) is 12.8 Å². The first-order valence-corrected chi connectivity index (χ1v) is 12.7. The highest BCUT2D eigenvalue weighted by Gasteiger charge is 1.99. The zero-order valence-electron chi connectivity index (χ0n) is 20.2. The van der Waals surface area contributed by atoms with Gasteiger partial charge >= 0.3 is 5.97 Å². The topological polar surface area (TPSA) is 43.4 Å². The molecule has 0 aromatic heterocycles. The number of methoxy groups -OCH3 is 1. The maximum atomic E-state index is 10.8. The van der Waals surface area contributed by atoms with Crippen molar-refractivity contribution in [1.29, 1.82) is 0 Å². The van der Waals surface area contributed by atoms with E-state index in [-0.39, 0.29) is 5.97 Å². The van der Waals surface area contributed by atoms with Crippen molar-refractivity contribution in [1.82, 2.24) is 0 Å². The Hall–Kier alpha value is -0.860. The smallest absolute Gasteiger partial charge is 0.305 e. The third-order valence-electron chi connectivity index (χ3n) is 5.39. The van der Waals surface area contributed by atoms with Crippen molar-refractivity contribution in [3.8, 4) is 0 Å². The number of hydrogen-bond acceptors (Lipinski definition) is 3. The monoisotopic (exact) mass is 412 g/mol. The molecule has 0 aromatic rings. The Morgan fingerprint density at radius 2 is 0.931 bits per heavy atom. The van der Waals surface area contributed by atoms with Crippen LogP contribution in [-0.2, 0) is 14.3 Å². The summed E-state index contributed by atoms with van der Waals surface area (Å²) < 4.78 is 4.59. The minimum absolute atomic E-state index is 0.0698. The van der Waals surface area contributed by atoms with Crippen LogP contribution in [0, 0.1) is 0 Å². The fraction of sp³-hybridized carbons (Fsp3) is 0.923. The molecule has 0 heterocycles. The molecular formula is C26H52O3. The van der Waals surface area contributed by atoms with Crippen molar-refractivity contribution in [2.24, 2.45) is 0 Å². The molecule has 3 heteroatoms. The second-order valence-electron chi connectivity index (χ2n) is 8.29. The highest BCUT2D eigenvalue weighted by atomic mass is 16.5. The van der Waals surface area contributed by atoms with Crippen molar-refractivity contribution < 1.29 is 14.3 Å². The quantitative estimate of drug-likeness (QED) is 0.108. The summed E-state index contributed by atoms with van der Waals surface area (Å²) in [6.07, 6.45) is 27.3. The van der Waals surface area contributed by atoms with Crippen LogP contribution >= 0.6 is 0 Å². The number of hydrogen-bond donors (Lipinski definition) is 0. The van der Waals surface area contributed by atoms with Crippen molar-refractivity contribution in [3.63, 3.8) is 0 Å². The van der Waals surface area contributed by atoms with Gasteiger partial charge in [0.05, 0.1) is 7.11 Å². The van der Waals surface area contributed by atoms with Crippen LogP contribution in [0.4, 0.5) is 0 Å². The average Bonchev–Trinajstić information content (AvgIpc) is 2.74. The van der Waals surface area contributed by atoms with Crippen LogP contribution in [-0.4, -0.2) is 19.4 Å². The molecular weight excluding hydrogens is 360 g/mol. The molecule has 0 aliphatic heterocycles. The molecule has 174 valence electrons. The standard InChI is InChI=1S/C14H28O2.C12H24O/c1-3-4-5-6-7-8-9-10-11-12-13-14(15)16-2;1-2-3-4-5-6-7-8-9-10-11-12-13/h3-13H2,1-2H3;12H,2-11H2,1H3. The highest BCUT2D eigenvalue weighted by Crippen LogP contribution is 2.11. The van der Waals surface area contributed by atoms with Gasteiger partial charge in [-0.2, -0.15) is 0 Å². The Labute approximate surface area is 182 Å². The van der Waals surface area contributed by atoms with E-state index in [0.717, 1.165) is 25.5 Å². The predicted molar refractivity (Wildman–Crippen MR) is 126 cm³/mol. The molecule has 0 bridgehead atoms. The minimum atomic E-state index is -0.0698. The largest absolute Gasteiger partial charge is 0.469 e. The molecule has 0 fully saturated rings. The molecule has 0 unspecified atom stereocenters. The van der Waals surface area contributed by atoms with E-state index >= 15 is 0 Å². The van der Waals surface area contributed by atoms with Gasteiger partial charge in [-0.25, -0.2) is 0 Å². The number of rotatable bonds is 21. The van der Waals surface area contributed by atoms with Crippen LogP contribution in [0.2, 0.25) is 0 Å². The Morgan fingerprint density at radius 1 is 0.586 bits per heavy atom. The molecule has 0 N–H and O–H groups in total. The van der Waals surface area contributed by atoms with Crippen molar-refractivity contribution in [2.45, 2.75) is 149 Å². The fourth-order valence-electron chi connectivity index (χ4n) is 3.40. The van der Waals surface area contributed by atoms with Gasteiger partial charge in [-0.3, -0.25) is 4.79 Å². The summed E-state index contributed by atoms with van der Waals surface area (Å²) in [7, 11) is 1.46. The molecule has 0 aliphatic carbocycles. The van der Waals surface area contributed by atoms with Gasteiger partial charge in [0.25, 0.3) is 0 Å². The van der Waals surface area contributed by atoms with Crippen molar-refractivity contribution >= 4 is 12.3 Å². The summed E-state index contributed by atoms with van der Waals surface area (Å²) in [5.41, 5.74) is 0. The predicted octanol–water partition coefficient (Wildman–Crippen LogP) is 8.58. The molecule has 0 saturated carbocycles. The van der Waals surface area contributed by atoms with Crippen LogP contribution < -0.4 is 0 Å². The van der Waals surface area contributed by atoms with Crippen LogP contribution in [0.15, 0.2) is 0 Å². The number of unbranched alkanes of at least 4 members (excludes halogenated alkanes) is 18. The Balaban J connectivity index is 0. The molecule has 0 atom stereocenters. The van der Waals surface area contributed by atoms with Gasteiger partial charge in [-0.15, -0.1) is 0 Å². The number of ether oxygens (including phenoxy) is 1. The van der Waals surface area contributed by atoms with Gasteiger partial charge in [0.1, 0.15) is 6.29 Å². The molecule has 0 saturated heterocycles. The molecule has 0 spiro atoms. The number of carbonyl (C=O) groups excluding carboxylic acids is 2. The lowest BCUT2D eigenvalue weighted by atomic mass is 10.1. The Kier molecular flexibility index (Phi) is 30.7. The summed E-state index contributed by atoms with van der Waals surface area (Å²) in [5, 5.41) is 0. The summed E-state index contributed by atoms with van der Waals surface area (Å²) in [5.74, 6) is -0.0698. The van der Waals surface area contributed by atoms with Gasteiger partial charge in [0.2, 0.25) is 0 Å². The molecule has 3 nitrogen and oxygen atoms in total. The first-order valence-electron chi connectivity index (χ1n) is 12.7. The SMILES string of the molecule is CCCCCCCCCCCC=O.CCCCCCCCCCCCC(=O)OC. The maximum Gasteiger partial charge on any atom is 0.305 e. The average molecular weight is 413 g/mol. The van der Waals surface area contributed by atoms with Gasteiger partial charge in [-0.1, -0.05) is 123 Å². The van der Waals surface area contributed by atoms with Gasteiger partial charge in [-0.05, 0) is 12.8 Å². The van der Waals surface area contributed by atoms with E-state index in [2.05, 4.69) is 18.6 Å². The second-order valence-corrected chi connectivity index (χ2v) is 8.29. The number of esters is 1. The normalized spacial score (nSPS) is 10.3. The lowest BCUT2D eigenvalue weighted by Crippen LogP contribution is -1.99. The number of carbonyl (C=O) groups is 2. The van der Waals surface area contributed by atoms with E-state index < -0.39 is 0 Å². The summed E-state index contributed by atoms with van der Waals surface area (Å²) in [6.45, 7) is 4.50. The minimum Gasteiger partial charge on any atom is -0.469 e. The van der Waals surface area contributed by atoms with E-state index in [1.54, 1.807) is 0 Å². The third kappa shape index (κ3) is 32.0. The van der Waals surface area contributed by atoms with E-state index in [4.69, 9.17) is 0 Å². The molecule has 0 amide bonds. The summed E-state index contributed by atoms with van der Waals surface area (Å²) in [4.78, 5) is 20.8. The van der Waals surface area contributed by atoms with E-state index in [9.17, 15) is 9.59 Å². The third-order valence-corrected chi connectivity index (χ3v) is 5.39. The van der Waals surface area contributed by atoms with Crippen molar-refractivity contribution in [2.75, 3.05) is 7.11 Å². The fourth-order valence-corrected chi connectivity index (χ4v) is 3.40. The van der Waals surface area contributed by atoms with Crippen LogP contribution in [0.1, 0.15) is 149 Å². The second kappa shape index (κ2) is 29.3. The summed E-state index contributed by atoms with van der Waals surface area (Å²) >= 11 is 0. The number of aldehydes is 1. The molecule has 0 aromatic carbocycles. The van der Waals surface area contributed by atoms with E-state index in [0.29, 0.717) is 6.42 Å². The van der Waals surface area contributed by atoms with Crippen LogP contribution in [0.5, 0.6) is 0 Å². The maximum absolute atomic E-state index is 10.8. The lowest BCUT2D eigenvalue weighted by Gasteiger charge is -2.01.